The molecule has 3 aromatic rings. The fraction of sp³-hybridized carbons (Fsp3) is 0.233. The van der Waals surface area contributed by atoms with Crippen molar-refractivity contribution in [3.63, 3.8) is 0 Å². The van der Waals surface area contributed by atoms with E-state index in [2.05, 4.69) is 38.9 Å². The van der Waals surface area contributed by atoms with Gasteiger partial charge in [0, 0.05) is 31.4 Å². The van der Waals surface area contributed by atoms with E-state index in [1.807, 2.05) is 42.5 Å². The summed E-state index contributed by atoms with van der Waals surface area (Å²) in [5.74, 6) is -0.765. The number of rotatable bonds is 13. The van der Waals surface area contributed by atoms with E-state index >= 15 is 0 Å². The van der Waals surface area contributed by atoms with Crippen molar-refractivity contribution in [3.8, 4) is 17.3 Å². The van der Waals surface area contributed by atoms with E-state index < -0.39 is 18.1 Å². The first-order valence-electron chi connectivity index (χ1n) is 12.8. The molecule has 0 saturated heterocycles. The van der Waals surface area contributed by atoms with Crippen LogP contribution in [0.15, 0.2) is 85.6 Å². The number of nitrogens with one attached hydrogen (secondary N) is 4. The lowest BCUT2D eigenvalue weighted by atomic mass is 10.0. The number of hydrogen-bond donors (Lipinski definition) is 4. The Morgan fingerprint density at radius 3 is 2.60 bits per heavy atom. The fourth-order valence-corrected chi connectivity index (χ4v) is 3.90. The van der Waals surface area contributed by atoms with E-state index in [0.717, 1.165) is 16.7 Å². The molecule has 40 heavy (non-hydrogen) atoms. The highest BCUT2D eigenvalue weighted by Crippen LogP contribution is 2.22. The average molecular weight is 540 g/mol. The predicted octanol–water partition coefficient (Wildman–Crippen LogP) is 2.69. The molecule has 0 aliphatic rings. The molecule has 0 bridgehead atoms. The van der Waals surface area contributed by atoms with Crippen molar-refractivity contribution < 1.29 is 14.4 Å². The van der Waals surface area contributed by atoms with E-state index in [9.17, 15) is 19.6 Å². The van der Waals surface area contributed by atoms with E-state index in [0.29, 0.717) is 24.3 Å². The molecule has 0 fully saturated rings. The molecule has 4 N–H and O–H groups in total. The van der Waals surface area contributed by atoms with Crippen molar-refractivity contribution in [3.05, 3.63) is 102 Å². The summed E-state index contributed by atoms with van der Waals surface area (Å²) in [6.45, 7) is 5.87. The van der Waals surface area contributed by atoms with Crippen LogP contribution in [0.4, 0.5) is 4.79 Å². The first-order valence-corrected chi connectivity index (χ1v) is 12.8. The first-order chi connectivity index (χ1) is 19.4. The Bertz CT molecular complexity index is 1350. The number of nitriles is 1. The lowest BCUT2D eigenvalue weighted by Crippen LogP contribution is -2.55. The van der Waals surface area contributed by atoms with Crippen molar-refractivity contribution in [2.45, 2.75) is 26.2 Å². The third-order valence-corrected chi connectivity index (χ3v) is 5.93. The highest BCUT2D eigenvalue weighted by atomic mass is 16.2. The molecule has 10 nitrogen and oxygen atoms in total. The molecule has 1 aromatic heterocycles. The largest absolute Gasteiger partial charge is 0.350 e. The van der Waals surface area contributed by atoms with Gasteiger partial charge in [0.1, 0.15) is 12.7 Å². The van der Waals surface area contributed by atoms with Crippen molar-refractivity contribution in [2.75, 3.05) is 19.6 Å². The molecular formula is C30H33N7O3. The number of urea groups is 1. The van der Waals surface area contributed by atoms with Crippen molar-refractivity contribution in [1.82, 2.24) is 31.2 Å². The molecular weight excluding hydrogens is 506 g/mol. The Labute approximate surface area is 234 Å². The van der Waals surface area contributed by atoms with Gasteiger partial charge in [-0.25, -0.2) is 4.79 Å². The van der Waals surface area contributed by atoms with Crippen LogP contribution in [0, 0.1) is 11.3 Å². The molecule has 1 heterocycles. The molecule has 2 aromatic carbocycles. The number of hydrogen-bond acceptors (Lipinski definition) is 6. The average Bonchev–Trinajstić information content (AvgIpc) is 2.98. The zero-order chi connectivity index (χ0) is 28.7. The van der Waals surface area contributed by atoms with Crippen LogP contribution in [0.25, 0.3) is 11.3 Å². The molecule has 4 amide bonds. The summed E-state index contributed by atoms with van der Waals surface area (Å²) < 4.78 is 0. The summed E-state index contributed by atoms with van der Waals surface area (Å²) in [6, 6.07) is 21.8. The minimum atomic E-state index is -0.762. The van der Waals surface area contributed by atoms with Gasteiger partial charge in [-0.3, -0.25) is 14.6 Å². The van der Waals surface area contributed by atoms with Gasteiger partial charge >= 0.3 is 6.03 Å². The number of carbonyl (C=O) groups excluding carboxylic acids is 3. The number of benzene rings is 2. The summed E-state index contributed by atoms with van der Waals surface area (Å²) in [5, 5.41) is 20.5. The highest BCUT2D eigenvalue weighted by Gasteiger charge is 2.24. The molecule has 0 unspecified atom stereocenters. The van der Waals surface area contributed by atoms with Crippen LogP contribution in [0.1, 0.15) is 23.6 Å². The van der Waals surface area contributed by atoms with E-state index in [1.165, 1.54) is 4.90 Å². The van der Waals surface area contributed by atoms with E-state index in [-0.39, 0.29) is 25.5 Å². The van der Waals surface area contributed by atoms with Crippen molar-refractivity contribution in [2.24, 2.45) is 0 Å². The summed E-state index contributed by atoms with van der Waals surface area (Å²) in [5.41, 5.74) is 3.59. The van der Waals surface area contributed by atoms with Gasteiger partial charge < -0.3 is 26.2 Å². The van der Waals surface area contributed by atoms with Gasteiger partial charge in [-0.1, -0.05) is 54.6 Å². The van der Waals surface area contributed by atoms with E-state index in [4.69, 9.17) is 0 Å². The molecule has 0 saturated carbocycles. The Kier molecular flexibility index (Phi) is 11.4. The molecule has 0 aliphatic carbocycles. The quantitative estimate of drug-likeness (QED) is 0.150. The topological polar surface area (TPSA) is 139 Å². The second-order valence-corrected chi connectivity index (χ2v) is 8.91. The van der Waals surface area contributed by atoms with Gasteiger partial charge in [-0.2, -0.15) is 5.26 Å². The minimum Gasteiger partial charge on any atom is -0.350 e. The standard InChI is InChI=1S/C30H33N7O3/c1-3-14-32-20-28(39)37(22(2)36-30(40)35-18-23-9-5-4-6-10-23)21-27(38)34-19-26-13-8-15-33-29(26)25-12-7-11-24(16-25)17-31/h3-13,15-16,22,32H,1,14,18-21H2,2H3,(H,34,38)(H2,35,36,40)/t22-/m1/s1. The molecule has 206 valence electrons. The Balaban J connectivity index is 1.64. The Morgan fingerprint density at radius 1 is 1.05 bits per heavy atom. The van der Waals surface area contributed by atoms with Gasteiger partial charge in [-0.05, 0) is 36.2 Å². The normalized spacial score (nSPS) is 11.0. The number of amides is 4. The SMILES string of the molecule is C=CCNCC(=O)N(CC(=O)NCc1cccnc1-c1cccc(C#N)c1)[C@H](C)NC(=O)NCc1ccccc1. The fourth-order valence-electron chi connectivity index (χ4n) is 3.90. The van der Waals surface area contributed by atoms with Crippen molar-refractivity contribution in [1.29, 1.82) is 5.26 Å². The second kappa shape index (κ2) is 15.4. The van der Waals surface area contributed by atoms with Crippen LogP contribution >= 0.6 is 0 Å². The molecule has 0 radical (unpaired) electrons. The number of aromatic nitrogens is 1. The Morgan fingerprint density at radius 2 is 1.85 bits per heavy atom. The summed E-state index contributed by atoms with van der Waals surface area (Å²) in [4.78, 5) is 44.2. The van der Waals surface area contributed by atoms with Crippen LogP contribution in [-0.4, -0.2) is 53.5 Å². The third-order valence-electron chi connectivity index (χ3n) is 5.93. The van der Waals surface area contributed by atoms with Crippen LogP contribution in [-0.2, 0) is 22.7 Å². The maximum absolute atomic E-state index is 13.0. The monoisotopic (exact) mass is 539 g/mol. The second-order valence-electron chi connectivity index (χ2n) is 8.91. The first kappa shape index (κ1) is 29.5. The number of nitrogens with zero attached hydrogens (tertiary/aromatic N) is 3. The zero-order valence-corrected chi connectivity index (χ0v) is 22.4. The summed E-state index contributed by atoms with van der Waals surface area (Å²) in [6.07, 6.45) is 2.51. The third kappa shape index (κ3) is 9.08. The lowest BCUT2D eigenvalue weighted by molar-refractivity contribution is -0.137. The maximum atomic E-state index is 13.0. The predicted molar refractivity (Wildman–Crippen MR) is 152 cm³/mol. The Hall–Kier alpha value is -5.01. The highest BCUT2D eigenvalue weighted by molar-refractivity contribution is 5.86. The minimum absolute atomic E-state index is 0.0288. The van der Waals surface area contributed by atoms with Gasteiger partial charge in [0.05, 0.1) is 23.9 Å². The molecule has 10 heteroatoms. The summed E-state index contributed by atoms with van der Waals surface area (Å²) in [7, 11) is 0. The van der Waals surface area contributed by atoms with Gasteiger partial charge in [-0.15, -0.1) is 6.58 Å². The van der Waals surface area contributed by atoms with Gasteiger partial charge in [0.25, 0.3) is 0 Å². The van der Waals surface area contributed by atoms with Crippen LogP contribution in [0.5, 0.6) is 0 Å². The summed E-state index contributed by atoms with van der Waals surface area (Å²) >= 11 is 0. The molecule has 0 aliphatic heterocycles. The van der Waals surface area contributed by atoms with Gasteiger partial charge in [0.2, 0.25) is 11.8 Å². The van der Waals surface area contributed by atoms with Crippen LogP contribution in [0.3, 0.4) is 0 Å². The number of carbonyl (C=O) groups is 3. The smallest absolute Gasteiger partial charge is 0.316 e. The maximum Gasteiger partial charge on any atom is 0.316 e. The number of pyridine rings is 1. The van der Waals surface area contributed by atoms with Crippen LogP contribution in [0.2, 0.25) is 0 Å². The van der Waals surface area contributed by atoms with Crippen LogP contribution < -0.4 is 21.3 Å². The van der Waals surface area contributed by atoms with Gasteiger partial charge in [0.15, 0.2) is 0 Å². The van der Waals surface area contributed by atoms with E-state index in [1.54, 1.807) is 43.5 Å². The lowest BCUT2D eigenvalue weighted by Gasteiger charge is -2.29. The molecule has 0 spiro atoms. The molecule has 3 rings (SSSR count). The zero-order valence-electron chi connectivity index (χ0n) is 22.4. The van der Waals surface area contributed by atoms with Crippen molar-refractivity contribution >= 4 is 17.8 Å². The molecule has 1 atom stereocenters.